The summed E-state index contributed by atoms with van der Waals surface area (Å²) in [7, 11) is 8.63. The zero-order valence-corrected chi connectivity index (χ0v) is 59.0. The number of nitrogens with zero attached hydrogens (tertiary/aromatic N) is 15. The summed E-state index contributed by atoms with van der Waals surface area (Å²) in [6.45, 7) is 4.99. The fourth-order valence-electron chi connectivity index (χ4n) is 8.88. The number of aromatic carboxylic acids is 2. The van der Waals surface area contributed by atoms with E-state index in [0.29, 0.717) is 45.2 Å². The number of rotatable bonds is 16. The molecule has 0 fully saturated rings. The molecule has 0 saturated carbocycles. The van der Waals surface area contributed by atoms with Crippen LogP contribution < -0.4 is 16.4 Å². The highest BCUT2D eigenvalue weighted by Gasteiger charge is 2.24. The van der Waals surface area contributed by atoms with Crippen LogP contribution >= 0.6 is 0 Å². The monoisotopic (exact) mass is 1550 g/mol. The minimum atomic E-state index is -1.40. The first-order valence-corrected chi connectivity index (χ1v) is 30.7. The summed E-state index contributed by atoms with van der Waals surface area (Å²) in [6.07, 6.45) is 0. The van der Waals surface area contributed by atoms with Crippen LogP contribution in [0.3, 0.4) is 0 Å². The average Bonchev–Trinajstić information content (AvgIpc) is 1.67. The summed E-state index contributed by atoms with van der Waals surface area (Å²) in [5, 5.41) is 60.6. The number of esters is 7. The summed E-state index contributed by atoms with van der Waals surface area (Å²) < 4.78 is 88.9. The molecule has 12 aromatic rings. The van der Waals surface area contributed by atoms with Crippen LogP contribution in [0.25, 0.3) is 22.6 Å². The molecule has 0 atom stereocenters. The molecule has 0 aliphatic heterocycles. The van der Waals surface area contributed by atoms with E-state index in [0.717, 1.165) is 48.0 Å². The van der Waals surface area contributed by atoms with Gasteiger partial charge in [0, 0.05) is 66.6 Å². The molecular formula is C65H58F4N20O22. The zero-order chi connectivity index (χ0) is 81.8. The second-order valence-corrected chi connectivity index (χ2v) is 21.6. The van der Waals surface area contributed by atoms with Gasteiger partial charge in [-0.15, -0.1) is 5.10 Å². The number of fused-ring (bicyclic) bond motifs is 4. The van der Waals surface area contributed by atoms with Gasteiger partial charge in [-0.05, 0) is 79.3 Å². The Morgan fingerprint density at radius 3 is 1.14 bits per heavy atom. The van der Waals surface area contributed by atoms with E-state index in [-0.39, 0.29) is 87.3 Å². The number of benzene rings is 2. The van der Waals surface area contributed by atoms with E-state index in [1.807, 2.05) is 0 Å². The highest BCUT2D eigenvalue weighted by atomic mass is 19.2. The van der Waals surface area contributed by atoms with E-state index in [1.165, 1.54) is 117 Å². The van der Waals surface area contributed by atoms with E-state index in [4.69, 9.17) is 10.8 Å². The maximum atomic E-state index is 13.2. The quantitative estimate of drug-likeness (QED) is 0.0231. The third kappa shape index (κ3) is 20.9. The second-order valence-electron chi connectivity index (χ2n) is 21.6. The van der Waals surface area contributed by atoms with Crippen LogP contribution in [-0.4, -0.2) is 209 Å². The number of methoxy groups -OCH3 is 7. The normalized spacial score (nSPS) is 10.4. The maximum absolute atomic E-state index is 13.2. The number of amides is 2. The van der Waals surface area contributed by atoms with Crippen molar-refractivity contribution in [3.8, 4) is 0 Å². The minimum Gasteiger partial charge on any atom is -0.477 e. The number of carboxylic acids is 2. The van der Waals surface area contributed by atoms with Gasteiger partial charge in [-0.2, -0.15) is 25.5 Å². The van der Waals surface area contributed by atoms with Crippen LogP contribution in [-0.2, 0) is 46.2 Å². The largest absolute Gasteiger partial charge is 0.477 e. The molecule has 0 bridgehead atoms. The lowest BCUT2D eigenvalue weighted by Gasteiger charge is -2.07. The van der Waals surface area contributed by atoms with Crippen molar-refractivity contribution in [2.24, 2.45) is 0 Å². The molecule has 2 amide bonds. The van der Waals surface area contributed by atoms with Crippen LogP contribution in [0.5, 0.6) is 0 Å². The molecule has 0 aliphatic rings. The van der Waals surface area contributed by atoms with Gasteiger partial charge in [0.05, 0.1) is 55.8 Å². The molecule has 8 N–H and O–H groups in total. The minimum absolute atomic E-state index is 0.00855. The number of nitro groups is 1. The summed E-state index contributed by atoms with van der Waals surface area (Å²) in [4.78, 5) is 151. The first-order valence-electron chi connectivity index (χ1n) is 30.7. The number of hydrogen-bond acceptors (Lipinski definition) is 31. The van der Waals surface area contributed by atoms with E-state index >= 15 is 0 Å². The molecule has 42 nitrogen and oxygen atoms in total. The number of nitrogen functional groups attached to an aromatic ring is 1. The van der Waals surface area contributed by atoms with Crippen molar-refractivity contribution in [1.29, 1.82) is 0 Å². The lowest BCUT2D eigenvalue weighted by molar-refractivity contribution is -0.389. The topological polar surface area (TPSA) is 564 Å². The summed E-state index contributed by atoms with van der Waals surface area (Å²) in [6, 6.07) is 19.7. The van der Waals surface area contributed by atoms with Crippen molar-refractivity contribution in [3.63, 3.8) is 0 Å². The first-order chi connectivity index (χ1) is 52.6. The fraction of sp³-hybridized carbons (Fsp3) is 0.185. The highest BCUT2D eigenvalue weighted by Crippen LogP contribution is 2.18. The highest BCUT2D eigenvalue weighted by molar-refractivity contribution is 5.97. The van der Waals surface area contributed by atoms with E-state index in [9.17, 15) is 85.5 Å². The number of carboxylic acid groups (broad SMARTS) is 2. The van der Waals surface area contributed by atoms with Crippen molar-refractivity contribution in [3.05, 3.63) is 221 Å². The lowest BCUT2D eigenvalue weighted by Crippen LogP contribution is -2.25. The number of halogens is 4. The van der Waals surface area contributed by atoms with Gasteiger partial charge in [0.25, 0.3) is 11.8 Å². The fourth-order valence-corrected chi connectivity index (χ4v) is 8.88. The molecule has 12 rings (SSSR count). The standard InChI is InChI=1S/C17H12F2N4O5.C17H14F2N4O3.C11H11N3O4.C10H9N3O4.C5H5N3O4.C5H7N3O2/c1-28-17(27)12-6-14-21-11(5-13(16(25)26)23(14)22-12)15(24)20-7-8-2-3-9(18)10(19)4-8;1-9-5-13(21-15-7-14(17(25)26-2)22-23(9)15)16(24)20-8-10-3-4-11(18)12(19)6-10;1-6-4-7(10(15)17-2)12-9-5-8(11(16)18-3)13-14(6)9;1-5-3-6(9(14)15)11-8-4-7(10(16)17-2)12-13(5)8;1-12-5(9)3-2-4(7-6-3)8(10)11;1-10-5(9)3-2-4(6)8-7-3/h2-6H,7H2,1H3,(H,20,24)(H,25,26);3-7H,8H2,1-2H3,(H,20,24);4-5H,1-3H3;3-4H,1-2H3,(H,14,15);2H,1H3,(H,6,7);2H,1H3,(H3,6,7,8). The van der Waals surface area contributed by atoms with Gasteiger partial charge in [0.2, 0.25) is 0 Å². The number of nitrogens with two attached hydrogens (primary N) is 1. The molecule has 0 spiro atoms. The van der Waals surface area contributed by atoms with E-state index in [2.05, 4.69) is 105 Å². The number of ether oxygens (including phenoxy) is 7. The van der Waals surface area contributed by atoms with Gasteiger partial charge in [-0.1, -0.05) is 17.2 Å². The molecule has 0 saturated heterocycles. The van der Waals surface area contributed by atoms with Gasteiger partial charge in [0.15, 0.2) is 91.4 Å². The van der Waals surface area contributed by atoms with Crippen molar-refractivity contribution in [2.75, 3.05) is 55.5 Å². The van der Waals surface area contributed by atoms with E-state index < -0.39 is 99.4 Å². The van der Waals surface area contributed by atoms with Crippen molar-refractivity contribution in [1.82, 2.24) is 89.4 Å². The maximum Gasteiger partial charge on any atom is 0.360 e. The third-order valence-electron chi connectivity index (χ3n) is 14.2. The van der Waals surface area contributed by atoms with Crippen LogP contribution in [0.2, 0.25) is 0 Å². The van der Waals surface area contributed by atoms with Gasteiger partial charge >= 0.3 is 59.5 Å². The van der Waals surface area contributed by atoms with Gasteiger partial charge < -0.3 is 69.9 Å². The first kappa shape index (κ1) is 82.7. The molecule has 0 radical (unpaired) electrons. The number of aromatic nitrogens is 16. The molecule has 0 unspecified atom stereocenters. The molecule has 111 heavy (non-hydrogen) atoms. The Balaban J connectivity index is 0.000000191. The summed E-state index contributed by atoms with van der Waals surface area (Å²) in [5.74, 6) is -12.1. The predicted octanol–water partition coefficient (Wildman–Crippen LogP) is 4.47. The Bertz CT molecular complexity index is 5620. The lowest BCUT2D eigenvalue weighted by atomic mass is 10.2. The number of aryl methyl sites for hydroxylation is 3. The van der Waals surface area contributed by atoms with Crippen molar-refractivity contribution >= 4 is 99.8 Å². The third-order valence-corrected chi connectivity index (χ3v) is 14.2. The number of carbonyl (C=O) groups is 11. The van der Waals surface area contributed by atoms with Gasteiger partial charge in [-0.25, -0.2) is 98.7 Å². The number of anilines is 1. The van der Waals surface area contributed by atoms with Crippen molar-refractivity contribution in [2.45, 2.75) is 33.9 Å². The summed E-state index contributed by atoms with van der Waals surface area (Å²) in [5.41, 5.74) is 8.46. The molecular weight excluding hydrogens is 1490 g/mol. The number of H-pyrrole nitrogens is 2. The Hall–Kier alpha value is -15.6. The number of carbonyl (C=O) groups excluding carboxylic acids is 9. The summed E-state index contributed by atoms with van der Waals surface area (Å²) >= 11 is 0. The molecule has 10 aromatic heterocycles. The Labute approximate surface area is 616 Å². The Kier molecular flexibility index (Phi) is 27.5. The van der Waals surface area contributed by atoms with Crippen LogP contribution in [0.15, 0.2) is 97.1 Å². The van der Waals surface area contributed by atoms with Crippen LogP contribution in [0.1, 0.15) is 144 Å². The molecule has 46 heteroatoms. The number of aromatic amines is 2. The van der Waals surface area contributed by atoms with Gasteiger partial charge in [-0.3, -0.25) is 14.7 Å². The Morgan fingerprint density at radius 1 is 0.423 bits per heavy atom. The second kappa shape index (κ2) is 36.9. The number of nitrogens with one attached hydrogen (secondary N) is 4. The van der Waals surface area contributed by atoms with E-state index in [1.54, 1.807) is 20.8 Å². The average molecular weight is 1550 g/mol. The molecule has 578 valence electrons. The predicted molar refractivity (Wildman–Crippen MR) is 363 cm³/mol. The molecule has 10 heterocycles. The SMILES string of the molecule is COC(=O)c1cc(C)n2nc(C(=O)OC)cc2n1.COC(=O)c1cc(N)n[nH]1.COC(=O)c1cc([N+](=O)[O-])[nH]n1.COC(=O)c1cc2nc(C(=O)NCc3ccc(F)c(F)c3)cc(C(=O)O)n2n1.COC(=O)c1cc2nc(C(=O)NCc3ccc(F)c(F)c3)cc(C)n2n1.COC(=O)c1cc2nc(C(=O)O)cc(C)n2n1. The van der Waals surface area contributed by atoms with Crippen LogP contribution in [0, 0.1) is 54.2 Å². The smallest absolute Gasteiger partial charge is 0.360 e. The number of hydrogen-bond donors (Lipinski definition) is 7. The Morgan fingerprint density at radius 2 is 0.775 bits per heavy atom. The zero-order valence-electron chi connectivity index (χ0n) is 59.0. The van der Waals surface area contributed by atoms with Crippen molar-refractivity contribution < 1.29 is 119 Å². The molecule has 2 aromatic carbocycles. The van der Waals surface area contributed by atoms with Gasteiger partial charge in [0.1, 0.15) is 22.9 Å². The van der Waals surface area contributed by atoms with Crippen LogP contribution in [0.4, 0.5) is 29.2 Å². The molecule has 0 aliphatic carbocycles.